The van der Waals surface area contributed by atoms with Gasteiger partial charge in [-0.2, -0.15) is 0 Å². The van der Waals surface area contributed by atoms with Gasteiger partial charge in [0.05, 0.1) is 0 Å². The van der Waals surface area contributed by atoms with Crippen LogP contribution in [0.5, 0.6) is 0 Å². The number of aromatic nitrogens is 2. The maximum atomic E-state index is 12.0. The summed E-state index contributed by atoms with van der Waals surface area (Å²) in [6.45, 7) is 6.87. The summed E-state index contributed by atoms with van der Waals surface area (Å²) < 4.78 is 0. The number of hydrogen-bond donors (Lipinski definition) is 2. The summed E-state index contributed by atoms with van der Waals surface area (Å²) in [5.74, 6) is 0.255. The number of nitrogens with zero attached hydrogens (tertiary/aromatic N) is 2. The van der Waals surface area contributed by atoms with E-state index in [2.05, 4.69) is 41.4 Å². The molecule has 1 amide bonds. The molecule has 22 heavy (non-hydrogen) atoms. The van der Waals surface area contributed by atoms with Gasteiger partial charge in [-0.1, -0.05) is 19.4 Å². The third kappa shape index (κ3) is 4.28. The minimum Gasteiger partial charge on any atom is -0.351 e. The number of carbonyl (C=O) groups excluding carboxylic acids is 1. The number of rotatable bonds is 6. The maximum Gasteiger partial charge on any atom is 0.270 e. The van der Waals surface area contributed by atoms with Crippen molar-refractivity contribution in [2.24, 2.45) is 0 Å². The van der Waals surface area contributed by atoms with Gasteiger partial charge in [-0.25, -0.2) is 9.97 Å². The van der Waals surface area contributed by atoms with Crippen LogP contribution in [0.1, 0.15) is 41.4 Å². The number of carbonyl (C=O) groups is 1. The highest BCUT2D eigenvalue weighted by atomic mass is 16.1. The third-order valence-corrected chi connectivity index (χ3v) is 3.47. The summed E-state index contributed by atoms with van der Waals surface area (Å²) in [6, 6.07) is 7.66. The first-order valence-corrected chi connectivity index (χ1v) is 7.55. The van der Waals surface area contributed by atoms with Gasteiger partial charge in [-0.3, -0.25) is 4.79 Å². The van der Waals surface area contributed by atoms with Crippen LogP contribution in [-0.4, -0.2) is 22.4 Å². The van der Waals surface area contributed by atoms with Gasteiger partial charge >= 0.3 is 0 Å². The van der Waals surface area contributed by atoms with Gasteiger partial charge in [0.25, 0.3) is 5.91 Å². The Kier molecular flexibility index (Phi) is 5.47. The van der Waals surface area contributed by atoms with Crippen molar-refractivity contribution in [1.82, 2.24) is 15.3 Å². The maximum absolute atomic E-state index is 12.0. The van der Waals surface area contributed by atoms with Crippen molar-refractivity contribution < 1.29 is 4.79 Å². The van der Waals surface area contributed by atoms with Crippen molar-refractivity contribution in [2.75, 3.05) is 11.9 Å². The smallest absolute Gasteiger partial charge is 0.270 e. The molecule has 1 aromatic carbocycles. The fourth-order valence-corrected chi connectivity index (χ4v) is 1.96. The Morgan fingerprint density at radius 2 is 2.00 bits per heavy atom. The van der Waals surface area contributed by atoms with Crippen LogP contribution in [0.15, 0.2) is 30.5 Å². The zero-order valence-corrected chi connectivity index (χ0v) is 13.3. The number of aryl methyl sites for hydroxylation is 2. The van der Waals surface area contributed by atoms with Gasteiger partial charge in [0.15, 0.2) is 0 Å². The fraction of sp³-hybridized carbons (Fsp3) is 0.353. The highest BCUT2D eigenvalue weighted by Gasteiger charge is 2.08. The van der Waals surface area contributed by atoms with Crippen molar-refractivity contribution in [1.29, 1.82) is 0 Å². The first-order chi connectivity index (χ1) is 10.6. The summed E-state index contributed by atoms with van der Waals surface area (Å²) in [5.41, 5.74) is 3.71. The van der Waals surface area contributed by atoms with Crippen LogP contribution in [0.3, 0.4) is 0 Å². The first-order valence-electron chi connectivity index (χ1n) is 7.55. The molecule has 2 N–H and O–H groups in total. The molecular weight excluding hydrogens is 276 g/mol. The van der Waals surface area contributed by atoms with Crippen LogP contribution in [0.2, 0.25) is 0 Å². The minimum absolute atomic E-state index is 0.168. The molecule has 0 spiro atoms. The summed E-state index contributed by atoms with van der Waals surface area (Å²) in [6.07, 6.45) is 3.60. The average Bonchev–Trinajstić information content (AvgIpc) is 2.51. The van der Waals surface area contributed by atoms with Crippen LogP contribution >= 0.6 is 0 Å². The number of amides is 1. The number of benzene rings is 1. The molecule has 0 radical (unpaired) electrons. The van der Waals surface area contributed by atoms with E-state index in [0.717, 1.165) is 18.5 Å². The second kappa shape index (κ2) is 7.54. The molecule has 0 aliphatic rings. The monoisotopic (exact) mass is 298 g/mol. The van der Waals surface area contributed by atoms with E-state index in [1.165, 1.54) is 11.1 Å². The molecule has 5 heteroatoms. The number of anilines is 2. The lowest BCUT2D eigenvalue weighted by Crippen LogP contribution is -2.25. The SMILES string of the molecule is CCCCNC(=O)c1ccnc(Nc2ccc(C)c(C)c2)n1. The van der Waals surface area contributed by atoms with Gasteiger partial charge in [-0.05, 0) is 49.6 Å². The summed E-state index contributed by atoms with van der Waals surface area (Å²) in [7, 11) is 0. The minimum atomic E-state index is -0.168. The van der Waals surface area contributed by atoms with Crippen molar-refractivity contribution in [2.45, 2.75) is 33.6 Å². The quantitative estimate of drug-likeness (QED) is 0.802. The molecule has 0 fully saturated rings. The normalized spacial score (nSPS) is 10.3. The van der Waals surface area contributed by atoms with E-state index in [-0.39, 0.29) is 5.91 Å². The van der Waals surface area contributed by atoms with Crippen LogP contribution in [0.4, 0.5) is 11.6 Å². The molecule has 0 aliphatic heterocycles. The molecule has 1 aromatic heterocycles. The Hall–Kier alpha value is -2.43. The average molecular weight is 298 g/mol. The number of nitrogens with one attached hydrogen (secondary N) is 2. The van der Waals surface area contributed by atoms with E-state index >= 15 is 0 Å². The molecule has 0 unspecified atom stereocenters. The van der Waals surface area contributed by atoms with E-state index in [1.54, 1.807) is 12.3 Å². The van der Waals surface area contributed by atoms with Gasteiger partial charge < -0.3 is 10.6 Å². The van der Waals surface area contributed by atoms with Gasteiger partial charge in [0, 0.05) is 18.4 Å². The van der Waals surface area contributed by atoms with E-state index in [4.69, 9.17) is 0 Å². The number of unbranched alkanes of at least 4 members (excludes halogenated alkanes) is 1. The van der Waals surface area contributed by atoms with Crippen LogP contribution in [0, 0.1) is 13.8 Å². The Bertz CT molecular complexity index is 655. The lowest BCUT2D eigenvalue weighted by molar-refractivity contribution is 0.0948. The summed E-state index contributed by atoms with van der Waals surface area (Å²) in [4.78, 5) is 20.4. The van der Waals surface area contributed by atoms with Crippen molar-refractivity contribution in [3.63, 3.8) is 0 Å². The molecule has 2 rings (SSSR count). The second-order valence-electron chi connectivity index (χ2n) is 5.30. The highest BCUT2D eigenvalue weighted by Crippen LogP contribution is 2.17. The third-order valence-electron chi connectivity index (χ3n) is 3.47. The summed E-state index contributed by atoms with van der Waals surface area (Å²) in [5, 5.41) is 5.98. The molecule has 0 saturated carbocycles. The van der Waals surface area contributed by atoms with Crippen LogP contribution in [0.25, 0.3) is 0 Å². The second-order valence-corrected chi connectivity index (χ2v) is 5.30. The van der Waals surface area contributed by atoms with E-state index < -0.39 is 0 Å². The van der Waals surface area contributed by atoms with E-state index in [9.17, 15) is 4.79 Å². The van der Waals surface area contributed by atoms with Gasteiger partial charge in [0.2, 0.25) is 5.95 Å². The number of hydrogen-bond acceptors (Lipinski definition) is 4. The Balaban J connectivity index is 2.07. The highest BCUT2D eigenvalue weighted by molar-refractivity contribution is 5.92. The fourth-order valence-electron chi connectivity index (χ4n) is 1.96. The Labute approximate surface area is 131 Å². The molecule has 2 aromatic rings. The van der Waals surface area contributed by atoms with Gasteiger partial charge in [-0.15, -0.1) is 0 Å². The van der Waals surface area contributed by atoms with E-state index in [1.807, 2.05) is 18.2 Å². The van der Waals surface area contributed by atoms with Crippen LogP contribution < -0.4 is 10.6 Å². The summed E-state index contributed by atoms with van der Waals surface area (Å²) >= 11 is 0. The molecule has 1 heterocycles. The molecule has 0 saturated heterocycles. The predicted molar refractivity (Wildman–Crippen MR) is 88.5 cm³/mol. The topological polar surface area (TPSA) is 66.9 Å². The first kappa shape index (κ1) is 15.9. The van der Waals surface area contributed by atoms with Crippen molar-refractivity contribution in [3.05, 3.63) is 47.3 Å². The molecule has 0 aliphatic carbocycles. The zero-order valence-electron chi connectivity index (χ0n) is 13.3. The molecule has 5 nitrogen and oxygen atoms in total. The molecule has 0 atom stereocenters. The lowest BCUT2D eigenvalue weighted by atomic mass is 10.1. The molecule has 116 valence electrons. The molecular formula is C17H22N4O. The zero-order chi connectivity index (χ0) is 15.9. The lowest BCUT2D eigenvalue weighted by Gasteiger charge is -2.08. The van der Waals surface area contributed by atoms with Crippen molar-refractivity contribution >= 4 is 17.5 Å². The Morgan fingerprint density at radius 3 is 2.73 bits per heavy atom. The van der Waals surface area contributed by atoms with E-state index in [0.29, 0.717) is 18.2 Å². The Morgan fingerprint density at radius 1 is 1.18 bits per heavy atom. The predicted octanol–water partition coefficient (Wildman–Crippen LogP) is 3.37. The molecule has 0 bridgehead atoms. The van der Waals surface area contributed by atoms with Gasteiger partial charge in [0.1, 0.15) is 5.69 Å². The standard InChI is InChI=1S/C17H22N4O/c1-4-5-9-18-16(22)15-8-10-19-17(21-15)20-14-7-6-12(2)13(3)11-14/h6-8,10-11H,4-5,9H2,1-3H3,(H,18,22)(H,19,20,21). The largest absolute Gasteiger partial charge is 0.351 e. The van der Waals surface area contributed by atoms with Crippen LogP contribution in [-0.2, 0) is 0 Å². The van der Waals surface area contributed by atoms with Crippen molar-refractivity contribution in [3.8, 4) is 0 Å².